The largest absolute Gasteiger partial charge is 0.402 e. The van der Waals surface area contributed by atoms with E-state index >= 15 is 0 Å². The third-order valence-corrected chi connectivity index (χ3v) is 8.35. The van der Waals surface area contributed by atoms with Crippen LogP contribution in [0.1, 0.15) is 11.1 Å². The highest BCUT2D eigenvalue weighted by Gasteiger charge is 2.28. The molecule has 0 unspecified atom stereocenters. The van der Waals surface area contributed by atoms with Crippen LogP contribution in [0.2, 0.25) is 0 Å². The average Bonchev–Trinajstić information content (AvgIpc) is 3.58. The minimum atomic E-state index is -3.63. The molecule has 2 aliphatic heterocycles. The van der Waals surface area contributed by atoms with Gasteiger partial charge in [0.05, 0.1) is 23.8 Å². The SMILES string of the molecule is O=C1OC(c2ccc(S(=O)(=O)N3CCOCC3)cc2)=NC1=Cc1cn(-c2ccccc2)nc1-c1ccccc1. The fraction of sp³-hybridized carbons (Fsp3) is 0.138. The second-order valence-corrected chi connectivity index (χ2v) is 10.9. The summed E-state index contributed by atoms with van der Waals surface area (Å²) in [6, 6.07) is 25.5. The van der Waals surface area contributed by atoms with Crippen molar-refractivity contribution in [3.8, 4) is 16.9 Å². The summed E-state index contributed by atoms with van der Waals surface area (Å²) in [5, 5.41) is 4.77. The fourth-order valence-corrected chi connectivity index (χ4v) is 5.82. The number of esters is 1. The first-order valence-electron chi connectivity index (χ1n) is 12.4. The van der Waals surface area contributed by atoms with Gasteiger partial charge in [-0.15, -0.1) is 0 Å². The zero-order chi connectivity index (χ0) is 26.8. The number of cyclic esters (lactones) is 1. The molecular formula is C29H24N4O5S. The number of morpholine rings is 1. The van der Waals surface area contributed by atoms with E-state index in [1.165, 1.54) is 16.4 Å². The summed E-state index contributed by atoms with van der Waals surface area (Å²) in [5.74, 6) is -0.486. The maximum Gasteiger partial charge on any atom is 0.363 e. The van der Waals surface area contributed by atoms with E-state index in [4.69, 9.17) is 14.6 Å². The molecule has 0 atom stereocenters. The number of hydrogen-bond acceptors (Lipinski definition) is 7. The van der Waals surface area contributed by atoms with Gasteiger partial charge < -0.3 is 9.47 Å². The number of aliphatic imine (C=N–C) groups is 1. The lowest BCUT2D eigenvalue weighted by Gasteiger charge is -2.26. The molecule has 2 aliphatic rings. The van der Waals surface area contributed by atoms with Crippen molar-refractivity contribution in [1.29, 1.82) is 0 Å². The van der Waals surface area contributed by atoms with Crippen molar-refractivity contribution < 1.29 is 22.7 Å². The van der Waals surface area contributed by atoms with Gasteiger partial charge in [-0.1, -0.05) is 48.5 Å². The first kappa shape index (κ1) is 24.9. The van der Waals surface area contributed by atoms with Crippen LogP contribution in [0.4, 0.5) is 0 Å². The number of benzene rings is 3. The van der Waals surface area contributed by atoms with Gasteiger partial charge in [0.2, 0.25) is 15.9 Å². The molecule has 3 aromatic carbocycles. The Morgan fingerprint density at radius 1 is 0.821 bits per heavy atom. The number of carbonyl (C=O) groups excluding carboxylic acids is 1. The van der Waals surface area contributed by atoms with E-state index in [2.05, 4.69) is 4.99 Å². The molecule has 0 radical (unpaired) electrons. The predicted octanol–water partition coefficient (Wildman–Crippen LogP) is 3.90. The van der Waals surface area contributed by atoms with Gasteiger partial charge in [-0.25, -0.2) is 22.9 Å². The summed E-state index contributed by atoms with van der Waals surface area (Å²) in [7, 11) is -3.63. The highest BCUT2D eigenvalue weighted by Crippen LogP contribution is 2.28. The molecule has 6 rings (SSSR count). The molecule has 39 heavy (non-hydrogen) atoms. The van der Waals surface area contributed by atoms with E-state index in [1.54, 1.807) is 22.9 Å². The van der Waals surface area contributed by atoms with Crippen LogP contribution in [0.3, 0.4) is 0 Å². The topological polar surface area (TPSA) is 103 Å². The predicted molar refractivity (Wildman–Crippen MR) is 146 cm³/mol. The molecule has 4 aromatic rings. The van der Waals surface area contributed by atoms with E-state index in [0.717, 1.165) is 11.3 Å². The molecule has 0 aliphatic carbocycles. The maximum atomic E-state index is 12.9. The standard InChI is InChI=1S/C29H24N4O5S/c34-29-26(19-23-20-33(24-9-5-2-6-10-24)31-27(23)21-7-3-1-4-8-21)30-28(38-29)22-11-13-25(14-12-22)39(35,36)32-15-17-37-18-16-32/h1-14,19-20H,15-18H2. The van der Waals surface area contributed by atoms with Crippen molar-refractivity contribution in [3.63, 3.8) is 0 Å². The molecule has 0 saturated carbocycles. The second-order valence-electron chi connectivity index (χ2n) is 8.96. The van der Waals surface area contributed by atoms with Crippen LogP contribution in [-0.4, -0.2) is 60.7 Å². The van der Waals surface area contributed by atoms with E-state index in [-0.39, 0.29) is 16.5 Å². The number of ether oxygens (including phenoxy) is 2. The summed E-state index contributed by atoms with van der Waals surface area (Å²) in [4.78, 5) is 17.4. The first-order chi connectivity index (χ1) is 19.0. The number of para-hydroxylation sites is 1. The Kier molecular flexibility index (Phi) is 6.65. The molecule has 0 amide bonds. The Balaban J connectivity index is 1.32. The highest BCUT2D eigenvalue weighted by atomic mass is 32.2. The molecule has 0 N–H and O–H groups in total. The van der Waals surface area contributed by atoms with Crippen LogP contribution >= 0.6 is 0 Å². The van der Waals surface area contributed by atoms with E-state index in [1.807, 2.05) is 66.9 Å². The van der Waals surface area contributed by atoms with Crippen molar-refractivity contribution in [2.24, 2.45) is 4.99 Å². The molecule has 1 saturated heterocycles. The first-order valence-corrected chi connectivity index (χ1v) is 13.8. The summed E-state index contributed by atoms with van der Waals surface area (Å²) in [6.45, 7) is 1.37. The van der Waals surface area contributed by atoms with E-state index in [9.17, 15) is 13.2 Å². The van der Waals surface area contributed by atoms with Crippen LogP contribution in [0.25, 0.3) is 23.0 Å². The van der Waals surface area contributed by atoms with Crippen molar-refractivity contribution >= 4 is 28.0 Å². The van der Waals surface area contributed by atoms with Gasteiger partial charge in [0.25, 0.3) is 0 Å². The number of rotatable bonds is 6. The van der Waals surface area contributed by atoms with Crippen molar-refractivity contribution in [2.45, 2.75) is 4.90 Å². The molecule has 0 spiro atoms. The van der Waals surface area contributed by atoms with Crippen LogP contribution in [0.5, 0.6) is 0 Å². The van der Waals surface area contributed by atoms with Crippen LogP contribution < -0.4 is 0 Å². The highest BCUT2D eigenvalue weighted by molar-refractivity contribution is 7.89. The zero-order valence-corrected chi connectivity index (χ0v) is 21.6. The van der Waals surface area contributed by atoms with Gasteiger partial charge >= 0.3 is 5.97 Å². The van der Waals surface area contributed by atoms with Crippen LogP contribution in [0.15, 0.2) is 107 Å². The number of aromatic nitrogens is 2. The summed E-state index contributed by atoms with van der Waals surface area (Å²) >= 11 is 0. The lowest BCUT2D eigenvalue weighted by atomic mass is 10.1. The van der Waals surface area contributed by atoms with Gasteiger partial charge in [0.15, 0.2) is 5.70 Å². The number of sulfonamides is 1. The van der Waals surface area contributed by atoms with Gasteiger partial charge in [-0.2, -0.15) is 9.40 Å². The average molecular weight is 541 g/mol. The molecule has 3 heterocycles. The normalized spacial score (nSPS) is 17.3. The lowest BCUT2D eigenvalue weighted by Crippen LogP contribution is -2.40. The van der Waals surface area contributed by atoms with Crippen molar-refractivity contribution in [2.75, 3.05) is 26.3 Å². The van der Waals surface area contributed by atoms with Gasteiger partial charge in [0.1, 0.15) is 5.69 Å². The Labute approximate surface area is 225 Å². The van der Waals surface area contributed by atoms with E-state index < -0.39 is 16.0 Å². The number of hydrogen-bond donors (Lipinski definition) is 0. The fourth-order valence-electron chi connectivity index (χ4n) is 4.41. The second kappa shape index (κ2) is 10.4. The Hall–Kier alpha value is -4.38. The summed E-state index contributed by atoms with van der Waals surface area (Å²) < 4.78 is 39.7. The molecule has 196 valence electrons. The Morgan fingerprint density at radius 3 is 2.18 bits per heavy atom. The maximum absolute atomic E-state index is 12.9. The van der Waals surface area contributed by atoms with Crippen LogP contribution in [0, 0.1) is 0 Å². The van der Waals surface area contributed by atoms with Crippen molar-refractivity contribution in [3.05, 3.63) is 108 Å². The Morgan fingerprint density at radius 2 is 1.49 bits per heavy atom. The zero-order valence-electron chi connectivity index (χ0n) is 20.8. The molecule has 10 heteroatoms. The smallest absolute Gasteiger partial charge is 0.363 e. The monoisotopic (exact) mass is 540 g/mol. The molecule has 9 nitrogen and oxygen atoms in total. The molecular weight excluding hydrogens is 516 g/mol. The van der Waals surface area contributed by atoms with Crippen molar-refractivity contribution in [1.82, 2.24) is 14.1 Å². The number of carbonyl (C=O) groups is 1. The van der Waals surface area contributed by atoms with E-state index in [0.29, 0.717) is 43.1 Å². The van der Waals surface area contributed by atoms with Crippen LogP contribution in [-0.2, 0) is 24.3 Å². The van der Waals surface area contributed by atoms with Gasteiger partial charge in [0, 0.05) is 36.0 Å². The van der Waals surface area contributed by atoms with Gasteiger partial charge in [-0.3, -0.25) is 0 Å². The quantitative estimate of drug-likeness (QED) is 0.272. The third-order valence-electron chi connectivity index (χ3n) is 6.43. The molecule has 0 bridgehead atoms. The summed E-state index contributed by atoms with van der Waals surface area (Å²) in [6.07, 6.45) is 3.50. The third kappa shape index (κ3) is 5.05. The minimum absolute atomic E-state index is 0.110. The molecule has 1 fully saturated rings. The van der Waals surface area contributed by atoms with Gasteiger partial charge in [-0.05, 0) is 42.5 Å². The lowest BCUT2D eigenvalue weighted by molar-refractivity contribution is -0.129. The summed E-state index contributed by atoms with van der Waals surface area (Å²) in [5.41, 5.74) is 3.79. The minimum Gasteiger partial charge on any atom is -0.402 e. The Bertz CT molecular complexity index is 1670. The number of nitrogens with zero attached hydrogens (tertiary/aromatic N) is 4. The molecule has 1 aromatic heterocycles.